The van der Waals surface area contributed by atoms with Gasteiger partial charge in [0.2, 0.25) is 5.43 Å². The Bertz CT molecular complexity index is 994. The standard InChI is InChI=1S/C18H14FNO4/c1-24-12-5-2-4-11(8-12)9-20-10-13(18(22)23)17(21)16-14(19)6-3-7-15(16)20/h2-8,10H,9H2,1H3,(H,22,23). The van der Waals surface area contributed by atoms with Gasteiger partial charge in [0.1, 0.15) is 17.1 Å². The SMILES string of the molecule is COc1cccc(Cn2cc(C(=O)O)c(=O)c3c(F)cccc32)c1. The molecule has 24 heavy (non-hydrogen) atoms. The molecule has 0 amide bonds. The predicted octanol–water partition coefficient (Wildman–Crippen LogP) is 2.90. The maximum absolute atomic E-state index is 14.1. The molecule has 1 N–H and O–H groups in total. The number of hydrogen-bond donors (Lipinski definition) is 1. The summed E-state index contributed by atoms with van der Waals surface area (Å²) in [5.74, 6) is -1.47. The Morgan fingerprint density at radius 2 is 2.00 bits per heavy atom. The number of carbonyl (C=O) groups is 1. The molecule has 3 aromatic rings. The molecule has 0 fully saturated rings. The van der Waals surface area contributed by atoms with Crippen LogP contribution in [0.3, 0.4) is 0 Å². The van der Waals surface area contributed by atoms with E-state index in [1.807, 2.05) is 6.07 Å². The average molecular weight is 327 g/mol. The number of aromatic nitrogens is 1. The molecule has 0 saturated carbocycles. The molecule has 0 spiro atoms. The molecule has 122 valence electrons. The van der Waals surface area contributed by atoms with Crippen molar-refractivity contribution in [1.82, 2.24) is 4.57 Å². The van der Waals surface area contributed by atoms with Crippen LogP contribution in [-0.4, -0.2) is 22.8 Å². The van der Waals surface area contributed by atoms with Crippen molar-refractivity contribution in [3.05, 3.63) is 75.8 Å². The van der Waals surface area contributed by atoms with E-state index in [-0.39, 0.29) is 11.9 Å². The normalized spacial score (nSPS) is 10.8. The van der Waals surface area contributed by atoms with Crippen molar-refractivity contribution in [3.8, 4) is 5.75 Å². The van der Waals surface area contributed by atoms with Gasteiger partial charge >= 0.3 is 5.97 Å². The molecule has 0 aliphatic carbocycles. The number of pyridine rings is 1. The molecule has 0 atom stereocenters. The molecule has 0 unspecified atom stereocenters. The maximum Gasteiger partial charge on any atom is 0.341 e. The molecular weight excluding hydrogens is 313 g/mol. The Hall–Kier alpha value is -3.15. The summed E-state index contributed by atoms with van der Waals surface area (Å²) in [7, 11) is 1.55. The fraction of sp³-hybridized carbons (Fsp3) is 0.111. The molecular formula is C18H14FNO4. The number of benzene rings is 2. The van der Waals surface area contributed by atoms with E-state index < -0.39 is 22.8 Å². The third-order valence-corrected chi connectivity index (χ3v) is 3.78. The van der Waals surface area contributed by atoms with Crippen molar-refractivity contribution in [2.45, 2.75) is 6.54 Å². The van der Waals surface area contributed by atoms with Crippen molar-refractivity contribution < 1.29 is 19.0 Å². The van der Waals surface area contributed by atoms with Gasteiger partial charge in [-0.15, -0.1) is 0 Å². The lowest BCUT2D eigenvalue weighted by Crippen LogP contribution is -2.20. The number of carboxylic acids is 1. The van der Waals surface area contributed by atoms with Crippen molar-refractivity contribution in [2.24, 2.45) is 0 Å². The van der Waals surface area contributed by atoms with Crippen LogP contribution in [0.1, 0.15) is 15.9 Å². The van der Waals surface area contributed by atoms with Crippen LogP contribution in [0.15, 0.2) is 53.5 Å². The Kier molecular flexibility index (Phi) is 4.04. The molecule has 0 aliphatic rings. The Balaban J connectivity index is 2.23. The van der Waals surface area contributed by atoms with Gasteiger partial charge in [-0.25, -0.2) is 9.18 Å². The summed E-state index contributed by atoms with van der Waals surface area (Å²) >= 11 is 0. The number of nitrogens with zero attached hydrogens (tertiary/aromatic N) is 1. The van der Waals surface area contributed by atoms with Crippen LogP contribution < -0.4 is 10.2 Å². The number of fused-ring (bicyclic) bond motifs is 1. The number of hydrogen-bond acceptors (Lipinski definition) is 3. The van der Waals surface area contributed by atoms with Gasteiger partial charge in [0.25, 0.3) is 0 Å². The monoisotopic (exact) mass is 327 g/mol. The number of ether oxygens (including phenoxy) is 1. The number of aromatic carboxylic acids is 1. The molecule has 0 aliphatic heterocycles. The van der Waals surface area contributed by atoms with Gasteiger partial charge in [0.15, 0.2) is 0 Å². The van der Waals surface area contributed by atoms with E-state index >= 15 is 0 Å². The summed E-state index contributed by atoms with van der Waals surface area (Å²) in [6.45, 7) is 0.276. The first-order chi connectivity index (χ1) is 11.5. The van der Waals surface area contributed by atoms with Crippen molar-refractivity contribution in [2.75, 3.05) is 7.11 Å². The third-order valence-electron chi connectivity index (χ3n) is 3.78. The van der Waals surface area contributed by atoms with Crippen LogP contribution in [0, 0.1) is 5.82 Å². The summed E-state index contributed by atoms with van der Waals surface area (Å²) in [5, 5.41) is 9.01. The Labute approximate surface area is 136 Å². The number of halogens is 1. The van der Waals surface area contributed by atoms with Crippen molar-refractivity contribution in [3.63, 3.8) is 0 Å². The molecule has 5 nitrogen and oxygen atoms in total. The second kappa shape index (κ2) is 6.16. The highest BCUT2D eigenvalue weighted by molar-refractivity contribution is 5.92. The number of carboxylic acid groups (broad SMARTS) is 1. The largest absolute Gasteiger partial charge is 0.497 e. The quantitative estimate of drug-likeness (QED) is 0.800. The molecule has 1 heterocycles. The predicted molar refractivity (Wildman–Crippen MR) is 87.2 cm³/mol. The maximum atomic E-state index is 14.1. The molecule has 2 aromatic carbocycles. The summed E-state index contributed by atoms with van der Waals surface area (Å²) in [5.41, 5.74) is -0.110. The van der Waals surface area contributed by atoms with E-state index in [2.05, 4.69) is 0 Å². The van der Waals surface area contributed by atoms with E-state index in [1.165, 1.54) is 12.3 Å². The third kappa shape index (κ3) is 2.74. The van der Waals surface area contributed by atoms with Crippen LogP contribution in [0.2, 0.25) is 0 Å². The van der Waals surface area contributed by atoms with Crippen LogP contribution >= 0.6 is 0 Å². The first-order valence-corrected chi connectivity index (χ1v) is 7.19. The number of methoxy groups -OCH3 is 1. The number of rotatable bonds is 4. The molecule has 3 rings (SSSR count). The molecule has 6 heteroatoms. The first kappa shape index (κ1) is 15.7. The van der Waals surface area contributed by atoms with Crippen molar-refractivity contribution in [1.29, 1.82) is 0 Å². The van der Waals surface area contributed by atoms with E-state index in [0.29, 0.717) is 11.3 Å². The summed E-state index contributed by atoms with van der Waals surface area (Å²) in [6, 6.07) is 11.4. The summed E-state index contributed by atoms with van der Waals surface area (Å²) < 4.78 is 20.8. The second-order valence-corrected chi connectivity index (χ2v) is 5.29. The molecule has 0 radical (unpaired) electrons. The van der Waals surface area contributed by atoms with Gasteiger partial charge in [-0.05, 0) is 29.8 Å². The van der Waals surface area contributed by atoms with Gasteiger partial charge in [-0.1, -0.05) is 18.2 Å². The van der Waals surface area contributed by atoms with Crippen LogP contribution in [0.5, 0.6) is 5.75 Å². The zero-order valence-corrected chi connectivity index (χ0v) is 12.8. The zero-order chi connectivity index (χ0) is 17.3. The highest BCUT2D eigenvalue weighted by atomic mass is 19.1. The van der Waals surface area contributed by atoms with Gasteiger partial charge in [0, 0.05) is 12.7 Å². The summed E-state index contributed by atoms with van der Waals surface area (Å²) in [4.78, 5) is 23.6. The lowest BCUT2D eigenvalue weighted by atomic mass is 10.1. The van der Waals surface area contributed by atoms with Gasteiger partial charge in [-0.3, -0.25) is 4.79 Å². The minimum absolute atomic E-state index is 0.222. The van der Waals surface area contributed by atoms with E-state index in [4.69, 9.17) is 4.74 Å². The van der Waals surface area contributed by atoms with Gasteiger partial charge in [-0.2, -0.15) is 0 Å². The topological polar surface area (TPSA) is 68.5 Å². The van der Waals surface area contributed by atoms with E-state index in [0.717, 1.165) is 11.6 Å². The Morgan fingerprint density at radius 3 is 2.71 bits per heavy atom. The molecule has 0 bridgehead atoms. The fourth-order valence-corrected chi connectivity index (χ4v) is 2.65. The molecule has 1 aromatic heterocycles. The minimum Gasteiger partial charge on any atom is -0.497 e. The van der Waals surface area contributed by atoms with Gasteiger partial charge in [0.05, 0.1) is 18.0 Å². The summed E-state index contributed by atoms with van der Waals surface area (Å²) in [6.07, 6.45) is 1.24. The van der Waals surface area contributed by atoms with Crippen LogP contribution in [-0.2, 0) is 6.54 Å². The molecule has 0 saturated heterocycles. The smallest absolute Gasteiger partial charge is 0.341 e. The lowest BCUT2D eigenvalue weighted by Gasteiger charge is -2.13. The lowest BCUT2D eigenvalue weighted by molar-refractivity contribution is 0.0695. The average Bonchev–Trinajstić information content (AvgIpc) is 2.57. The fourth-order valence-electron chi connectivity index (χ4n) is 2.65. The minimum atomic E-state index is -1.38. The Morgan fingerprint density at radius 1 is 1.25 bits per heavy atom. The van der Waals surface area contributed by atoms with Crippen LogP contribution in [0.4, 0.5) is 4.39 Å². The first-order valence-electron chi connectivity index (χ1n) is 7.19. The van der Waals surface area contributed by atoms with Crippen molar-refractivity contribution >= 4 is 16.9 Å². The van der Waals surface area contributed by atoms with Gasteiger partial charge < -0.3 is 14.4 Å². The van der Waals surface area contributed by atoms with E-state index in [1.54, 1.807) is 35.9 Å². The highest BCUT2D eigenvalue weighted by Gasteiger charge is 2.17. The highest BCUT2D eigenvalue weighted by Crippen LogP contribution is 2.19. The zero-order valence-electron chi connectivity index (χ0n) is 12.8. The van der Waals surface area contributed by atoms with E-state index in [9.17, 15) is 19.1 Å². The second-order valence-electron chi connectivity index (χ2n) is 5.29. The van der Waals surface area contributed by atoms with Crippen LogP contribution in [0.25, 0.3) is 10.9 Å².